The fraction of sp³-hybridized carbons (Fsp3) is 0.875. The summed E-state index contributed by atoms with van der Waals surface area (Å²) < 4.78 is 0. The summed E-state index contributed by atoms with van der Waals surface area (Å²) >= 11 is 6.01. The van der Waals surface area contributed by atoms with Crippen molar-refractivity contribution in [1.29, 1.82) is 0 Å². The molecule has 1 aliphatic rings. The Kier molecular flexibility index (Phi) is 3.18. The molecule has 0 aromatic heterocycles. The van der Waals surface area contributed by atoms with E-state index in [1.165, 1.54) is 19.8 Å². The van der Waals surface area contributed by atoms with Crippen LogP contribution < -0.4 is 5.32 Å². The van der Waals surface area contributed by atoms with Crippen molar-refractivity contribution in [3.63, 3.8) is 0 Å². The Morgan fingerprint density at radius 3 is 2.64 bits per heavy atom. The van der Waals surface area contributed by atoms with E-state index in [1.54, 1.807) is 0 Å². The van der Waals surface area contributed by atoms with E-state index >= 15 is 0 Å². The van der Waals surface area contributed by atoms with Gasteiger partial charge in [0.25, 0.3) is 0 Å². The molecule has 0 aromatic rings. The molecule has 0 aliphatic heterocycles. The van der Waals surface area contributed by atoms with Crippen LogP contribution in [0.5, 0.6) is 0 Å². The van der Waals surface area contributed by atoms with Crippen LogP contribution in [-0.2, 0) is 4.79 Å². The molecule has 0 spiro atoms. The third-order valence-corrected chi connectivity index (χ3v) is 2.59. The van der Waals surface area contributed by atoms with E-state index < -0.39 is 0 Å². The number of carbonyl (C=O) groups excluding carboxylic acids is 1. The summed E-state index contributed by atoms with van der Waals surface area (Å²) in [5.74, 6) is 0.0301. The molecule has 11 heavy (non-hydrogen) atoms. The van der Waals surface area contributed by atoms with Crippen molar-refractivity contribution in [3.05, 3.63) is 0 Å². The van der Waals surface area contributed by atoms with Gasteiger partial charge in [0.2, 0.25) is 5.91 Å². The molecule has 0 heterocycles. The largest absolute Gasteiger partial charge is 0.352 e. The van der Waals surface area contributed by atoms with Gasteiger partial charge >= 0.3 is 0 Å². The zero-order valence-corrected chi connectivity index (χ0v) is 7.53. The lowest BCUT2D eigenvalue weighted by Crippen LogP contribution is -2.41. The van der Waals surface area contributed by atoms with E-state index in [4.69, 9.17) is 11.6 Å². The number of halogens is 1. The molecule has 0 bridgehead atoms. The highest BCUT2D eigenvalue weighted by Gasteiger charge is 2.23. The molecule has 64 valence electrons. The van der Waals surface area contributed by atoms with Crippen LogP contribution in [0.25, 0.3) is 0 Å². The first kappa shape index (κ1) is 8.85. The predicted octanol–water partition coefficient (Wildman–Crippen LogP) is 1.67. The minimum atomic E-state index is 0.0301. The van der Waals surface area contributed by atoms with E-state index in [-0.39, 0.29) is 17.3 Å². The predicted molar refractivity (Wildman–Crippen MR) is 45.7 cm³/mol. The van der Waals surface area contributed by atoms with Gasteiger partial charge in [0.1, 0.15) is 0 Å². The number of nitrogens with one attached hydrogen (secondary N) is 1. The summed E-state index contributed by atoms with van der Waals surface area (Å²) in [6.07, 6.45) is 4.46. The Labute approximate surface area is 72.3 Å². The number of hydrogen-bond acceptors (Lipinski definition) is 1. The van der Waals surface area contributed by atoms with Crippen molar-refractivity contribution in [3.8, 4) is 0 Å². The second kappa shape index (κ2) is 3.96. The van der Waals surface area contributed by atoms with Crippen LogP contribution in [0.15, 0.2) is 0 Å². The molecule has 1 saturated carbocycles. The second-order valence-electron chi connectivity index (χ2n) is 3.11. The van der Waals surface area contributed by atoms with Gasteiger partial charge in [0, 0.05) is 13.0 Å². The van der Waals surface area contributed by atoms with Crippen molar-refractivity contribution in [2.24, 2.45) is 0 Å². The molecule has 1 N–H and O–H groups in total. The molecule has 1 rings (SSSR count). The first-order valence-electron chi connectivity index (χ1n) is 4.11. The van der Waals surface area contributed by atoms with Gasteiger partial charge in [-0.15, -0.1) is 11.6 Å². The molecular weight excluding hydrogens is 162 g/mol. The summed E-state index contributed by atoms with van der Waals surface area (Å²) in [6, 6.07) is 0.211. The van der Waals surface area contributed by atoms with E-state index in [0.717, 1.165) is 12.8 Å². The minimum Gasteiger partial charge on any atom is -0.352 e. The fourth-order valence-electron chi connectivity index (χ4n) is 1.51. The summed E-state index contributed by atoms with van der Waals surface area (Å²) in [7, 11) is 0. The number of hydrogen-bond donors (Lipinski definition) is 1. The number of amides is 1. The van der Waals surface area contributed by atoms with Gasteiger partial charge in [-0.25, -0.2) is 0 Å². The third-order valence-electron chi connectivity index (χ3n) is 2.07. The van der Waals surface area contributed by atoms with Crippen molar-refractivity contribution in [2.45, 2.75) is 44.0 Å². The average Bonchev–Trinajstić information content (AvgIpc) is 1.93. The van der Waals surface area contributed by atoms with E-state index in [1.807, 2.05) is 0 Å². The van der Waals surface area contributed by atoms with Crippen LogP contribution in [-0.4, -0.2) is 17.3 Å². The Hall–Kier alpha value is -0.240. The zero-order valence-electron chi connectivity index (χ0n) is 6.77. The Bertz CT molecular complexity index is 149. The smallest absolute Gasteiger partial charge is 0.217 e. The Morgan fingerprint density at radius 2 is 2.09 bits per heavy atom. The van der Waals surface area contributed by atoms with Crippen molar-refractivity contribution < 1.29 is 4.79 Å². The average molecular weight is 176 g/mol. The van der Waals surface area contributed by atoms with Crippen LogP contribution in [0.4, 0.5) is 0 Å². The van der Waals surface area contributed by atoms with Gasteiger partial charge in [-0.2, -0.15) is 0 Å². The maximum Gasteiger partial charge on any atom is 0.217 e. The summed E-state index contributed by atoms with van der Waals surface area (Å²) in [6.45, 7) is 1.54. The van der Waals surface area contributed by atoms with E-state index in [9.17, 15) is 4.79 Å². The van der Waals surface area contributed by atoms with Gasteiger partial charge in [-0.3, -0.25) is 4.79 Å². The molecule has 3 heteroatoms. The maximum atomic E-state index is 10.7. The molecule has 0 radical (unpaired) electrons. The SMILES string of the molecule is CC(=O)NC1CCCC[C@@H]1Cl. The molecule has 2 atom stereocenters. The van der Waals surface area contributed by atoms with Crippen LogP contribution in [0.1, 0.15) is 32.6 Å². The molecule has 0 saturated heterocycles. The first-order valence-corrected chi connectivity index (χ1v) is 4.55. The summed E-state index contributed by atoms with van der Waals surface area (Å²) in [5, 5.41) is 3.01. The van der Waals surface area contributed by atoms with E-state index in [0.29, 0.717) is 0 Å². The van der Waals surface area contributed by atoms with Gasteiger partial charge in [0.15, 0.2) is 0 Å². The highest BCUT2D eigenvalue weighted by Crippen LogP contribution is 2.22. The van der Waals surface area contributed by atoms with Crippen molar-refractivity contribution >= 4 is 17.5 Å². The molecular formula is C8H14ClNO. The van der Waals surface area contributed by atoms with Gasteiger partial charge in [-0.05, 0) is 12.8 Å². The van der Waals surface area contributed by atoms with E-state index in [2.05, 4.69) is 5.32 Å². The fourth-order valence-corrected chi connectivity index (χ4v) is 1.85. The highest BCUT2D eigenvalue weighted by molar-refractivity contribution is 6.21. The van der Waals surface area contributed by atoms with Crippen molar-refractivity contribution in [2.75, 3.05) is 0 Å². The minimum absolute atomic E-state index is 0.0301. The monoisotopic (exact) mass is 175 g/mol. The summed E-state index contributed by atoms with van der Waals surface area (Å²) in [5.41, 5.74) is 0. The molecule has 0 aromatic carbocycles. The molecule has 1 amide bonds. The van der Waals surface area contributed by atoms with Crippen LogP contribution >= 0.6 is 11.6 Å². The molecule has 1 unspecified atom stereocenters. The van der Waals surface area contributed by atoms with Crippen LogP contribution in [0, 0.1) is 0 Å². The topological polar surface area (TPSA) is 29.1 Å². The number of rotatable bonds is 1. The third kappa shape index (κ3) is 2.70. The lowest BCUT2D eigenvalue weighted by Gasteiger charge is -2.27. The van der Waals surface area contributed by atoms with Gasteiger partial charge in [-0.1, -0.05) is 12.8 Å². The normalized spacial score (nSPS) is 31.5. The highest BCUT2D eigenvalue weighted by atomic mass is 35.5. The first-order chi connectivity index (χ1) is 5.20. The maximum absolute atomic E-state index is 10.7. The Morgan fingerprint density at radius 1 is 1.45 bits per heavy atom. The van der Waals surface area contributed by atoms with Crippen LogP contribution in [0.3, 0.4) is 0 Å². The number of alkyl halides is 1. The summed E-state index contributed by atoms with van der Waals surface area (Å²) in [4.78, 5) is 10.7. The zero-order chi connectivity index (χ0) is 8.27. The molecule has 2 nitrogen and oxygen atoms in total. The molecule has 1 aliphatic carbocycles. The quantitative estimate of drug-likeness (QED) is 0.604. The second-order valence-corrected chi connectivity index (χ2v) is 3.67. The molecule has 1 fully saturated rings. The lowest BCUT2D eigenvalue weighted by atomic mass is 9.95. The van der Waals surface area contributed by atoms with Gasteiger partial charge < -0.3 is 5.32 Å². The standard InChI is InChI=1S/C8H14ClNO/c1-6(11)10-8-5-3-2-4-7(8)9/h7-8H,2-5H2,1H3,(H,10,11)/t7-,8?/m0/s1. The number of carbonyl (C=O) groups is 1. The Balaban J connectivity index is 2.35. The lowest BCUT2D eigenvalue weighted by molar-refractivity contribution is -0.119. The van der Waals surface area contributed by atoms with Crippen molar-refractivity contribution in [1.82, 2.24) is 5.32 Å². The van der Waals surface area contributed by atoms with Crippen LogP contribution in [0.2, 0.25) is 0 Å². The van der Waals surface area contributed by atoms with Gasteiger partial charge in [0.05, 0.1) is 5.38 Å².